The van der Waals surface area contributed by atoms with E-state index in [2.05, 4.69) is 73.5 Å². The average molecular weight is 516 g/mol. The number of thiophene rings is 1. The zero-order chi connectivity index (χ0) is 26.0. The molecule has 37 heavy (non-hydrogen) atoms. The Morgan fingerprint density at radius 1 is 0.865 bits per heavy atom. The van der Waals surface area contributed by atoms with Gasteiger partial charge in [0.25, 0.3) is 5.91 Å². The SMILES string of the molecule is CC(C)(C)c1ccc(C(=O)N2CCCN(C(=O)CN3CCc4sccc4C3c3ccccc3)CC2)cc1. The molecule has 0 saturated carbocycles. The van der Waals surface area contributed by atoms with Crippen LogP contribution in [0.5, 0.6) is 0 Å². The second kappa shape index (κ2) is 10.8. The van der Waals surface area contributed by atoms with E-state index in [1.807, 2.05) is 39.3 Å². The van der Waals surface area contributed by atoms with Crippen molar-refractivity contribution >= 4 is 23.2 Å². The van der Waals surface area contributed by atoms with Gasteiger partial charge in [-0.2, -0.15) is 0 Å². The smallest absolute Gasteiger partial charge is 0.253 e. The second-order valence-corrected chi connectivity index (χ2v) is 12.2. The van der Waals surface area contributed by atoms with Gasteiger partial charge in [0.15, 0.2) is 0 Å². The van der Waals surface area contributed by atoms with Gasteiger partial charge in [0.2, 0.25) is 5.91 Å². The van der Waals surface area contributed by atoms with Gasteiger partial charge in [-0.3, -0.25) is 14.5 Å². The van der Waals surface area contributed by atoms with Gasteiger partial charge in [-0.1, -0.05) is 63.2 Å². The summed E-state index contributed by atoms with van der Waals surface area (Å²) >= 11 is 1.82. The first-order chi connectivity index (χ1) is 17.8. The van der Waals surface area contributed by atoms with Gasteiger partial charge in [-0.25, -0.2) is 0 Å². The molecule has 6 heteroatoms. The zero-order valence-corrected chi connectivity index (χ0v) is 23.0. The van der Waals surface area contributed by atoms with Crippen LogP contribution in [0.25, 0.3) is 0 Å². The topological polar surface area (TPSA) is 43.9 Å². The Balaban J connectivity index is 1.24. The summed E-state index contributed by atoms with van der Waals surface area (Å²) in [6.45, 7) is 10.3. The molecule has 0 bridgehead atoms. The highest BCUT2D eigenvalue weighted by atomic mass is 32.1. The average Bonchev–Trinajstić information content (AvgIpc) is 3.23. The molecule has 2 amide bonds. The van der Waals surface area contributed by atoms with Crippen molar-refractivity contribution in [2.24, 2.45) is 0 Å². The first kappa shape index (κ1) is 25.7. The number of rotatable bonds is 4. The predicted molar refractivity (Wildman–Crippen MR) is 150 cm³/mol. The Kier molecular flexibility index (Phi) is 7.50. The van der Waals surface area contributed by atoms with Gasteiger partial charge < -0.3 is 9.80 Å². The lowest BCUT2D eigenvalue weighted by atomic mass is 9.86. The third kappa shape index (κ3) is 5.65. The number of hydrogen-bond acceptors (Lipinski definition) is 4. The number of hydrogen-bond donors (Lipinski definition) is 0. The maximum absolute atomic E-state index is 13.5. The molecule has 3 heterocycles. The first-order valence-corrected chi connectivity index (χ1v) is 14.2. The molecule has 3 aromatic rings. The normalized spacial score (nSPS) is 18.8. The highest BCUT2D eigenvalue weighted by Crippen LogP contribution is 2.37. The van der Waals surface area contributed by atoms with Crippen LogP contribution in [0, 0.1) is 0 Å². The van der Waals surface area contributed by atoms with E-state index >= 15 is 0 Å². The quantitative estimate of drug-likeness (QED) is 0.469. The van der Waals surface area contributed by atoms with Crippen molar-refractivity contribution < 1.29 is 9.59 Å². The van der Waals surface area contributed by atoms with Crippen LogP contribution in [-0.4, -0.2) is 65.8 Å². The Labute approximate surface area is 224 Å². The van der Waals surface area contributed by atoms with Crippen molar-refractivity contribution in [2.45, 2.75) is 45.1 Å². The molecule has 1 atom stereocenters. The van der Waals surface area contributed by atoms with Crippen molar-refractivity contribution in [2.75, 3.05) is 39.3 Å². The van der Waals surface area contributed by atoms with Crippen LogP contribution in [0.2, 0.25) is 0 Å². The number of amides is 2. The molecule has 1 unspecified atom stereocenters. The summed E-state index contributed by atoms with van der Waals surface area (Å²) in [5.41, 5.74) is 4.57. The Hall–Kier alpha value is -2.96. The monoisotopic (exact) mass is 515 g/mol. The van der Waals surface area contributed by atoms with E-state index < -0.39 is 0 Å². The molecule has 194 valence electrons. The molecule has 0 N–H and O–H groups in total. The minimum Gasteiger partial charge on any atom is -0.340 e. The standard InChI is InChI=1S/C31H37N3O2S/c1-31(2,3)25-12-10-24(11-13-25)30(36)33-17-7-16-32(19-20-33)28(35)22-34-18-14-27-26(15-21-37-27)29(34)23-8-5-4-6-9-23/h4-6,8-13,15,21,29H,7,14,16-20,22H2,1-3H3. The van der Waals surface area contributed by atoms with Crippen molar-refractivity contribution in [3.8, 4) is 0 Å². The second-order valence-electron chi connectivity index (χ2n) is 11.2. The number of fused-ring (bicyclic) bond motifs is 1. The molecule has 2 aliphatic heterocycles. The summed E-state index contributed by atoms with van der Waals surface area (Å²) in [7, 11) is 0. The molecule has 1 saturated heterocycles. The largest absolute Gasteiger partial charge is 0.340 e. The fraction of sp³-hybridized carbons (Fsp3) is 0.419. The number of nitrogens with zero attached hydrogens (tertiary/aromatic N) is 3. The van der Waals surface area contributed by atoms with E-state index in [9.17, 15) is 9.59 Å². The van der Waals surface area contributed by atoms with Crippen LogP contribution in [0.4, 0.5) is 0 Å². The summed E-state index contributed by atoms with van der Waals surface area (Å²) in [4.78, 5) is 34.3. The van der Waals surface area contributed by atoms with Crippen LogP contribution in [0.1, 0.15) is 65.2 Å². The number of carbonyl (C=O) groups excluding carboxylic acids is 2. The fourth-order valence-corrected chi connectivity index (χ4v) is 6.41. The van der Waals surface area contributed by atoms with Gasteiger partial charge >= 0.3 is 0 Å². The molecule has 0 spiro atoms. The van der Waals surface area contributed by atoms with Crippen LogP contribution < -0.4 is 0 Å². The number of carbonyl (C=O) groups is 2. The van der Waals surface area contributed by atoms with E-state index in [0.29, 0.717) is 32.7 Å². The molecular weight excluding hydrogens is 478 g/mol. The van der Waals surface area contributed by atoms with Gasteiger partial charge in [0.1, 0.15) is 0 Å². The lowest BCUT2D eigenvalue weighted by Gasteiger charge is -2.37. The molecular formula is C31H37N3O2S. The highest BCUT2D eigenvalue weighted by molar-refractivity contribution is 7.10. The summed E-state index contributed by atoms with van der Waals surface area (Å²) in [6, 6.07) is 20.9. The van der Waals surface area contributed by atoms with E-state index in [-0.39, 0.29) is 23.3 Å². The van der Waals surface area contributed by atoms with E-state index in [1.54, 1.807) is 0 Å². The van der Waals surface area contributed by atoms with Crippen LogP contribution in [0.15, 0.2) is 66.0 Å². The summed E-state index contributed by atoms with van der Waals surface area (Å²) in [5.74, 6) is 0.211. The molecule has 1 aromatic heterocycles. The predicted octanol–water partition coefficient (Wildman–Crippen LogP) is 5.37. The van der Waals surface area contributed by atoms with E-state index in [4.69, 9.17) is 0 Å². The van der Waals surface area contributed by atoms with Crippen LogP contribution in [-0.2, 0) is 16.6 Å². The molecule has 2 aliphatic rings. The Bertz CT molecular complexity index is 1230. The van der Waals surface area contributed by atoms with Crippen molar-refractivity contribution in [1.82, 2.24) is 14.7 Å². The lowest BCUT2D eigenvalue weighted by Crippen LogP contribution is -2.45. The fourth-order valence-electron chi connectivity index (χ4n) is 5.50. The third-order valence-corrected chi connectivity index (χ3v) is 8.65. The van der Waals surface area contributed by atoms with Crippen LogP contribution >= 0.6 is 11.3 Å². The summed E-state index contributed by atoms with van der Waals surface area (Å²) in [5, 5.41) is 2.17. The van der Waals surface area contributed by atoms with Gasteiger partial charge in [-0.05, 0) is 58.5 Å². The molecule has 0 aliphatic carbocycles. The van der Waals surface area contributed by atoms with Crippen molar-refractivity contribution in [3.63, 3.8) is 0 Å². The van der Waals surface area contributed by atoms with Gasteiger partial charge in [-0.15, -0.1) is 11.3 Å². The Morgan fingerprint density at radius 2 is 1.57 bits per heavy atom. The maximum atomic E-state index is 13.5. The number of benzene rings is 2. The summed E-state index contributed by atoms with van der Waals surface area (Å²) < 4.78 is 0. The third-order valence-electron chi connectivity index (χ3n) is 7.65. The zero-order valence-electron chi connectivity index (χ0n) is 22.2. The van der Waals surface area contributed by atoms with Gasteiger partial charge in [0.05, 0.1) is 12.6 Å². The Morgan fingerprint density at radius 3 is 2.30 bits per heavy atom. The molecule has 2 aromatic carbocycles. The maximum Gasteiger partial charge on any atom is 0.253 e. The van der Waals surface area contributed by atoms with Crippen molar-refractivity contribution in [1.29, 1.82) is 0 Å². The van der Waals surface area contributed by atoms with E-state index in [0.717, 1.165) is 24.9 Å². The highest BCUT2D eigenvalue weighted by Gasteiger charge is 2.32. The molecule has 1 fully saturated rings. The molecule has 5 nitrogen and oxygen atoms in total. The minimum absolute atomic E-state index is 0.0555. The van der Waals surface area contributed by atoms with E-state index in [1.165, 1.54) is 21.6 Å². The van der Waals surface area contributed by atoms with Crippen molar-refractivity contribution in [3.05, 3.63) is 93.2 Å². The van der Waals surface area contributed by atoms with Gasteiger partial charge in [0, 0.05) is 43.2 Å². The first-order valence-electron chi connectivity index (χ1n) is 13.3. The molecule has 5 rings (SSSR count). The molecule has 0 radical (unpaired) electrons. The lowest BCUT2D eigenvalue weighted by molar-refractivity contribution is -0.132. The minimum atomic E-state index is 0.0555. The summed E-state index contributed by atoms with van der Waals surface area (Å²) in [6.07, 6.45) is 1.79. The van der Waals surface area contributed by atoms with Crippen LogP contribution in [0.3, 0.4) is 0 Å².